The number of nitrogens with one attached hydrogen (secondary N) is 1. The number of hydrogen-bond donors (Lipinski definition) is 1. The van der Waals surface area contributed by atoms with Gasteiger partial charge < -0.3 is 15.1 Å². The number of piperidine rings is 1. The van der Waals surface area contributed by atoms with E-state index in [0.29, 0.717) is 26.1 Å². The maximum absolute atomic E-state index is 13.1. The second-order valence-electron chi connectivity index (χ2n) is 8.64. The summed E-state index contributed by atoms with van der Waals surface area (Å²) in [6.45, 7) is 5.69. The van der Waals surface area contributed by atoms with Crippen molar-refractivity contribution in [2.45, 2.75) is 45.2 Å². The molecule has 1 N–H and O–H groups in total. The van der Waals surface area contributed by atoms with Gasteiger partial charge in [-0.3, -0.25) is 14.4 Å². The Morgan fingerprint density at radius 3 is 2.43 bits per heavy atom. The van der Waals surface area contributed by atoms with Crippen molar-refractivity contribution in [2.75, 3.05) is 19.6 Å². The number of hydrogen-bond acceptors (Lipinski definition) is 3. The predicted molar refractivity (Wildman–Crippen MR) is 116 cm³/mol. The van der Waals surface area contributed by atoms with Crippen LogP contribution in [0, 0.1) is 5.92 Å². The normalized spacial score (nSPS) is 20.2. The van der Waals surface area contributed by atoms with Gasteiger partial charge in [0.15, 0.2) is 0 Å². The first-order valence-electron chi connectivity index (χ1n) is 10.8. The van der Waals surface area contributed by atoms with E-state index in [4.69, 9.17) is 0 Å². The molecule has 2 fully saturated rings. The van der Waals surface area contributed by atoms with Gasteiger partial charge >= 0.3 is 0 Å². The molecule has 6 nitrogen and oxygen atoms in total. The van der Waals surface area contributed by atoms with Gasteiger partial charge in [0.25, 0.3) is 5.91 Å². The van der Waals surface area contributed by atoms with Crippen LogP contribution in [-0.2, 0) is 9.59 Å². The van der Waals surface area contributed by atoms with Crippen molar-refractivity contribution < 1.29 is 14.4 Å². The lowest BCUT2D eigenvalue weighted by molar-refractivity contribution is -0.130. The molecule has 6 heteroatoms. The average molecular weight is 408 g/mol. The van der Waals surface area contributed by atoms with Gasteiger partial charge in [-0.2, -0.15) is 0 Å². The van der Waals surface area contributed by atoms with Gasteiger partial charge in [0.2, 0.25) is 11.8 Å². The lowest BCUT2D eigenvalue weighted by atomic mass is 10.00. The molecule has 2 heterocycles. The highest BCUT2D eigenvalue weighted by molar-refractivity contribution is 6.07. The largest absolute Gasteiger partial charge is 0.353 e. The maximum atomic E-state index is 13.1. The summed E-state index contributed by atoms with van der Waals surface area (Å²) >= 11 is 0. The van der Waals surface area contributed by atoms with Gasteiger partial charge in [-0.05, 0) is 43.5 Å². The van der Waals surface area contributed by atoms with Crippen molar-refractivity contribution in [3.8, 4) is 0 Å². The Hall–Kier alpha value is -2.89. The lowest BCUT2D eigenvalue weighted by Crippen LogP contribution is -2.48. The molecule has 30 heavy (non-hydrogen) atoms. The molecule has 2 aromatic rings. The van der Waals surface area contributed by atoms with E-state index in [1.165, 1.54) is 0 Å². The van der Waals surface area contributed by atoms with E-state index < -0.39 is 0 Å². The quantitative estimate of drug-likeness (QED) is 0.847. The van der Waals surface area contributed by atoms with Crippen LogP contribution in [0.2, 0.25) is 0 Å². The van der Waals surface area contributed by atoms with Gasteiger partial charge in [0.05, 0.1) is 5.92 Å². The van der Waals surface area contributed by atoms with Crippen LogP contribution in [0.5, 0.6) is 0 Å². The number of nitrogens with zero attached hydrogens (tertiary/aromatic N) is 2. The summed E-state index contributed by atoms with van der Waals surface area (Å²) in [5.74, 6) is -0.202. The summed E-state index contributed by atoms with van der Waals surface area (Å²) in [7, 11) is 0. The summed E-state index contributed by atoms with van der Waals surface area (Å²) in [5.41, 5.74) is 0.730. The third-order valence-corrected chi connectivity index (χ3v) is 6.30. The monoisotopic (exact) mass is 407 g/mol. The zero-order valence-corrected chi connectivity index (χ0v) is 17.6. The molecular weight excluding hydrogens is 378 g/mol. The molecule has 4 rings (SSSR count). The van der Waals surface area contributed by atoms with Crippen LogP contribution in [0.1, 0.15) is 43.5 Å². The summed E-state index contributed by atoms with van der Waals surface area (Å²) in [6.07, 6.45) is 1.76. The number of amides is 3. The Labute approximate surface area is 177 Å². The Balaban J connectivity index is 1.33. The van der Waals surface area contributed by atoms with Crippen LogP contribution in [0.15, 0.2) is 42.5 Å². The van der Waals surface area contributed by atoms with E-state index in [1.54, 1.807) is 4.90 Å². The van der Waals surface area contributed by atoms with Gasteiger partial charge in [0.1, 0.15) is 0 Å². The molecule has 1 atom stereocenters. The first kappa shape index (κ1) is 20.4. The second kappa shape index (κ2) is 8.46. The first-order valence-corrected chi connectivity index (χ1v) is 10.8. The van der Waals surface area contributed by atoms with E-state index >= 15 is 0 Å². The summed E-state index contributed by atoms with van der Waals surface area (Å²) in [5, 5.41) is 5.15. The van der Waals surface area contributed by atoms with E-state index in [-0.39, 0.29) is 35.7 Å². The topological polar surface area (TPSA) is 69.7 Å². The van der Waals surface area contributed by atoms with Crippen molar-refractivity contribution in [2.24, 2.45) is 5.92 Å². The van der Waals surface area contributed by atoms with Crippen LogP contribution in [0.4, 0.5) is 0 Å². The van der Waals surface area contributed by atoms with Crippen molar-refractivity contribution in [1.29, 1.82) is 0 Å². The van der Waals surface area contributed by atoms with Crippen molar-refractivity contribution in [3.05, 3.63) is 48.0 Å². The number of likely N-dealkylation sites (tertiary alicyclic amines) is 2. The van der Waals surface area contributed by atoms with Gasteiger partial charge in [-0.1, -0.05) is 36.4 Å². The SMILES string of the molecule is CC(C)N1CC(C(=O)NC2CCN(C(=O)c3cccc4ccccc34)CC2)CC1=O. The first-order chi connectivity index (χ1) is 14.4. The molecule has 0 saturated carbocycles. The number of benzene rings is 2. The molecule has 0 aliphatic carbocycles. The smallest absolute Gasteiger partial charge is 0.254 e. The lowest BCUT2D eigenvalue weighted by Gasteiger charge is -2.33. The molecule has 2 saturated heterocycles. The van der Waals surface area contributed by atoms with Crippen molar-refractivity contribution in [3.63, 3.8) is 0 Å². The molecule has 0 spiro atoms. The van der Waals surface area contributed by atoms with Crippen LogP contribution in [0.3, 0.4) is 0 Å². The Kier molecular flexibility index (Phi) is 5.75. The standard InChI is InChI=1S/C24H29N3O3/c1-16(2)27-15-18(14-22(27)28)23(29)25-19-10-12-26(13-11-19)24(30)21-9-5-7-17-6-3-4-8-20(17)21/h3-9,16,18-19H,10-15H2,1-2H3,(H,25,29). The van der Waals surface area contributed by atoms with Gasteiger partial charge in [-0.15, -0.1) is 0 Å². The highest BCUT2D eigenvalue weighted by Crippen LogP contribution is 2.23. The van der Waals surface area contributed by atoms with Crippen LogP contribution >= 0.6 is 0 Å². The molecule has 2 aromatic carbocycles. The molecule has 3 amide bonds. The molecular formula is C24H29N3O3. The Morgan fingerprint density at radius 2 is 1.73 bits per heavy atom. The van der Waals surface area contributed by atoms with E-state index in [0.717, 1.165) is 29.2 Å². The number of carbonyl (C=O) groups excluding carboxylic acids is 3. The van der Waals surface area contributed by atoms with Crippen LogP contribution in [0.25, 0.3) is 10.8 Å². The third-order valence-electron chi connectivity index (χ3n) is 6.30. The van der Waals surface area contributed by atoms with Crippen molar-refractivity contribution in [1.82, 2.24) is 15.1 Å². The average Bonchev–Trinajstić information content (AvgIpc) is 3.15. The fraction of sp³-hybridized carbons (Fsp3) is 0.458. The van der Waals surface area contributed by atoms with E-state index in [1.807, 2.05) is 61.2 Å². The minimum atomic E-state index is -0.268. The summed E-state index contributed by atoms with van der Waals surface area (Å²) in [4.78, 5) is 41.4. The molecule has 1 unspecified atom stereocenters. The van der Waals surface area contributed by atoms with Crippen LogP contribution < -0.4 is 5.32 Å². The third kappa shape index (κ3) is 4.04. The highest BCUT2D eigenvalue weighted by atomic mass is 16.2. The number of rotatable bonds is 4. The van der Waals surface area contributed by atoms with Gasteiger partial charge in [0, 0.05) is 43.7 Å². The minimum absolute atomic E-state index is 0.0367. The number of carbonyl (C=O) groups is 3. The summed E-state index contributed by atoms with van der Waals surface area (Å²) < 4.78 is 0. The fourth-order valence-corrected chi connectivity index (χ4v) is 4.53. The second-order valence-corrected chi connectivity index (χ2v) is 8.64. The maximum Gasteiger partial charge on any atom is 0.254 e. The van der Waals surface area contributed by atoms with Crippen LogP contribution in [-0.4, -0.2) is 59.2 Å². The van der Waals surface area contributed by atoms with Gasteiger partial charge in [-0.25, -0.2) is 0 Å². The summed E-state index contributed by atoms with van der Waals surface area (Å²) in [6, 6.07) is 13.9. The minimum Gasteiger partial charge on any atom is -0.353 e. The predicted octanol–water partition coefficient (Wildman–Crippen LogP) is 2.82. The van der Waals surface area contributed by atoms with E-state index in [2.05, 4.69) is 5.32 Å². The Morgan fingerprint density at radius 1 is 1.03 bits per heavy atom. The zero-order valence-electron chi connectivity index (χ0n) is 17.6. The van der Waals surface area contributed by atoms with E-state index in [9.17, 15) is 14.4 Å². The number of fused-ring (bicyclic) bond motifs is 1. The molecule has 2 aliphatic rings. The molecule has 0 aromatic heterocycles. The fourth-order valence-electron chi connectivity index (χ4n) is 4.53. The van der Waals surface area contributed by atoms with Crippen molar-refractivity contribution >= 4 is 28.5 Å². The Bertz CT molecular complexity index is 958. The molecule has 0 bridgehead atoms. The highest BCUT2D eigenvalue weighted by Gasteiger charge is 2.36. The molecule has 0 radical (unpaired) electrons. The molecule has 2 aliphatic heterocycles. The zero-order chi connectivity index (χ0) is 21.3. The molecule has 158 valence electrons.